The summed E-state index contributed by atoms with van der Waals surface area (Å²) in [5, 5.41) is 7.18. The van der Waals surface area contributed by atoms with Gasteiger partial charge in [-0.2, -0.15) is 0 Å². The standard InChI is InChI=1S/C7H13NO/c1-9-7(8)5-6-3-2-4-6/h6,8H,2-5H2,1H3. The molecule has 1 aliphatic rings. The topological polar surface area (TPSA) is 33.1 Å². The van der Waals surface area contributed by atoms with Crippen molar-refractivity contribution in [1.29, 1.82) is 5.41 Å². The van der Waals surface area contributed by atoms with Gasteiger partial charge in [-0.3, -0.25) is 5.41 Å². The predicted molar refractivity (Wildman–Crippen MR) is 36.7 cm³/mol. The first kappa shape index (κ1) is 6.59. The summed E-state index contributed by atoms with van der Waals surface area (Å²) in [6.45, 7) is 0. The van der Waals surface area contributed by atoms with E-state index in [9.17, 15) is 0 Å². The van der Waals surface area contributed by atoms with Gasteiger partial charge in [0.1, 0.15) is 0 Å². The average Bonchev–Trinajstić information content (AvgIpc) is 1.78. The van der Waals surface area contributed by atoms with Gasteiger partial charge in [-0.25, -0.2) is 0 Å². The van der Waals surface area contributed by atoms with E-state index in [1.54, 1.807) is 7.11 Å². The van der Waals surface area contributed by atoms with Crippen LogP contribution < -0.4 is 0 Å². The van der Waals surface area contributed by atoms with Crippen molar-refractivity contribution >= 4 is 5.90 Å². The van der Waals surface area contributed by atoms with Crippen LogP contribution >= 0.6 is 0 Å². The molecule has 2 heteroatoms. The Morgan fingerprint density at radius 1 is 1.67 bits per heavy atom. The normalized spacial score (nSPS) is 18.8. The Hall–Kier alpha value is -0.530. The molecule has 2 nitrogen and oxygen atoms in total. The molecule has 0 amide bonds. The van der Waals surface area contributed by atoms with Crippen LogP contribution in [0.2, 0.25) is 0 Å². The molecule has 0 radical (unpaired) electrons. The van der Waals surface area contributed by atoms with Crippen molar-refractivity contribution in [3.8, 4) is 0 Å². The molecule has 0 aliphatic heterocycles. The van der Waals surface area contributed by atoms with Gasteiger partial charge in [-0.15, -0.1) is 0 Å². The maximum Gasteiger partial charge on any atom is 0.180 e. The third-order valence-corrected chi connectivity index (χ3v) is 1.95. The second-order valence-electron chi connectivity index (χ2n) is 2.63. The molecular formula is C7H13NO. The van der Waals surface area contributed by atoms with Crippen molar-refractivity contribution in [1.82, 2.24) is 0 Å². The average molecular weight is 127 g/mol. The van der Waals surface area contributed by atoms with Crippen LogP contribution in [-0.4, -0.2) is 13.0 Å². The second kappa shape index (κ2) is 2.85. The number of hydrogen-bond acceptors (Lipinski definition) is 2. The predicted octanol–water partition coefficient (Wildman–Crippen LogP) is 1.80. The van der Waals surface area contributed by atoms with Gasteiger partial charge >= 0.3 is 0 Å². The molecule has 52 valence electrons. The first-order chi connectivity index (χ1) is 4.33. The third-order valence-electron chi connectivity index (χ3n) is 1.95. The van der Waals surface area contributed by atoms with E-state index in [0.717, 1.165) is 12.3 Å². The zero-order valence-electron chi connectivity index (χ0n) is 5.81. The van der Waals surface area contributed by atoms with E-state index in [-0.39, 0.29) is 0 Å². The minimum atomic E-state index is 0.444. The van der Waals surface area contributed by atoms with E-state index in [1.165, 1.54) is 19.3 Å². The van der Waals surface area contributed by atoms with Crippen molar-refractivity contribution in [2.45, 2.75) is 25.7 Å². The Morgan fingerprint density at radius 2 is 2.33 bits per heavy atom. The first-order valence-corrected chi connectivity index (χ1v) is 3.44. The van der Waals surface area contributed by atoms with E-state index in [4.69, 9.17) is 10.1 Å². The quantitative estimate of drug-likeness (QED) is 0.445. The Bertz CT molecular complexity index is 107. The summed E-state index contributed by atoms with van der Waals surface area (Å²) >= 11 is 0. The lowest BCUT2D eigenvalue weighted by Crippen LogP contribution is -2.15. The summed E-state index contributed by atoms with van der Waals surface area (Å²) in [7, 11) is 1.57. The molecule has 1 saturated carbocycles. The molecule has 0 aromatic heterocycles. The molecule has 9 heavy (non-hydrogen) atoms. The van der Waals surface area contributed by atoms with Crippen LogP contribution in [0.5, 0.6) is 0 Å². The summed E-state index contributed by atoms with van der Waals surface area (Å²) in [5.74, 6) is 1.21. The highest BCUT2D eigenvalue weighted by molar-refractivity contribution is 5.72. The molecule has 0 saturated heterocycles. The fraction of sp³-hybridized carbons (Fsp3) is 0.857. The maximum atomic E-state index is 7.18. The maximum absolute atomic E-state index is 7.18. The minimum absolute atomic E-state index is 0.444. The molecule has 0 spiro atoms. The lowest BCUT2D eigenvalue weighted by molar-refractivity contribution is 0.294. The lowest BCUT2D eigenvalue weighted by atomic mass is 9.83. The monoisotopic (exact) mass is 127 g/mol. The van der Waals surface area contributed by atoms with Crippen molar-refractivity contribution < 1.29 is 4.74 Å². The van der Waals surface area contributed by atoms with Gasteiger partial charge < -0.3 is 4.74 Å². The number of rotatable bonds is 2. The third kappa shape index (κ3) is 1.70. The fourth-order valence-corrected chi connectivity index (χ4v) is 1.04. The first-order valence-electron chi connectivity index (χ1n) is 3.44. The number of hydrogen-bond donors (Lipinski definition) is 1. The molecule has 0 heterocycles. The zero-order valence-corrected chi connectivity index (χ0v) is 5.81. The van der Waals surface area contributed by atoms with E-state index in [1.807, 2.05) is 0 Å². The smallest absolute Gasteiger partial charge is 0.180 e. The van der Waals surface area contributed by atoms with Crippen LogP contribution in [0.1, 0.15) is 25.7 Å². The van der Waals surface area contributed by atoms with E-state index >= 15 is 0 Å². The van der Waals surface area contributed by atoms with Crippen molar-refractivity contribution in [2.75, 3.05) is 7.11 Å². The highest BCUT2D eigenvalue weighted by Gasteiger charge is 2.18. The highest BCUT2D eigenvalue weighted by atomic mass is 16.5. The van der Waals surface area contributed by atoms with E-state index < -0.39 is 0 Å². The molecule has 0 atom stereocenters. The van der Waals surface area contributed by atoms with Gasteiger partial charge in [0.2, 0.25) is 0 Å². The number of methoxy groups -OCH3 is 1. The van der Waals surface area contributed by atoms with Gasteiger partial charge in [-0.05, 0) is 18.8 Å². The number of ether oxygens (including phenoxy) is 1. The van der Waals surface area contributed by atoms with Crippen LogP contribution in [0.4, 0.5) is 0 Å². The Labute approximate surface area is 55.7 Å². The summed E-state index contributed by atoms with van der Waals surface area (Å²) in [6, 6.07) is 0. The van der Waals surface area contributed by atoms with Crippen LogP contribution in [0.25, 0.3) is 0 Å². The minimum Gasteiger partial charge on any atom is -0.484 e. The van der Waals surface area contributed by atoms with E-state index in [2.05, 4.69) is 0 Å². The van der Waals surface area contributed by atoms with Gasteiger partial charge in [0.15, 0.2) is 5.90 Å². The SMILES string of the molecule is COC(=N)CC1CCC1. The van der Waals surface area contributed by atoms with Crippen LogP contribution in [0.3, 0.4) is 0 Å². The summed E-state index contributed by atoms with van der Waals surface area (Å²) in [6.07, 6.45) is 4.80. The second-order valence-corrected chi connectivity index (χ2v) is 2.63. The molecule has 0 aromatic carbocycles. The van der Waals surface area contributed by atoms with Crippen molar-refractivity contribution in [3.05, 3.63) is 0 Å². The van der Waals surface area contributed by atoms with Crippen LogP contribution in [0, 0.1) is 11.3 Å². The number of nitrogens with one attached hydrogen (secondary N) is 1. The molecule has 0 unspecified atom stereocenters. The van der Waals surface area contributed by atoms with Crippen LogP contribution in [0.15, 0.2) is 0 Å². The highest BCUT2D eigenvalue weighted by Crippen LogP contribution is 2.29. The van der Waals surface area contributed by atoms with Crippen molar-refractivity contribution in [2.24, 2.45) is 5.92 Å². The Kier molecular flexibility index (Phi) is 2.09. The summed E-state index contributed by atoms with van der Waals surface area (Å²) in [5.41, 5.74) is 0. The largest absolute Gasteiger partial charge is 0.484 e. The molecule has 0 aromatic rings. The van der Waals surface area contributed by atoms with Gasteiger partial charge in [0.25, 0.3) is 0 Å². The van der Waals surface area contributed by atoms with Gasteiger partial charge in [0.05, 0.1) is 7.11 Å². The van der Waals surface area contributed by atoms with Gasteiger partial charge in [-0.1, -0.05) is 6.42 Å². The zero-order chi connectivity index (χ0) is 6.69. The van der Waals surface area contributed by atoms with Crippen molar-refractivity contribution in [3.63, 3.8) is 0 Å². The molecule has 1 aliphatic carbocycles. The molecule has 1 rings (SSSR count). The summed E-state index contributed by atoms with van der Waals surface area (Å²) in [4.78, 5) is 0. The molecule has 0 bridgehead atoms. The lowest BCUT2D eigenvalue weighted by Gasteiger charge is -2.24. The van der Waals surface area contributed by atoms with Gasteiger partial charge in [0, 0.05) is 6.42 Å². The molecular weight excluding hydrogens is 114 g/mol. The van der Waals surface area contributed by atoms with E-state index in [0.29, 0.717) is 5.90 Å². The molecule has 1 N–H and O–H groups in total. The fourth-order valence-electron chi connectivity index (χ4n) is 1.04. The Balaban J connectivity index is 2.09. The Morgan fingerprint density at radius 3 is 2.67 bits per heavy atom. The molecule has 1 fully saturated rings. The van der Waals surface area contributed by atoms with Crippen LogP contribution in [-0.2, 0) is 4.74 Å². The summed E-state index contributed by atoms with van der Waals surface area (Å²) < 4.78 is 4.74.